The van der Waals surface area contributed by atoms with Crippen LogP contribution in [0.2, 0.25) is 0 Å². The van der Waals surface area contributed by atoms with Crippen molar-refractivity contribution < 1.29 is 9.90 Å². The lowest BCUT2D eigenvalue weighted by molar-refractivity contribution is 0.0666. The van der Waals surface area contributed by atoms with Gasteiger partial charge in [0.2, 0.25) is 0 Å². The minimum Gasteiger partial charge on any atom is -0.384 e. The zero-order chi connectivity index (χ0) is 13.7. The Hall–Kier alpha value is -1.39. The summed E-state index contributed by atoms with van der Waals surface area (Å²) in [6, 6.07) is 1.80. The number of carbonyl (C=O) groups excluding carboxylic acids is 1. The molecule has 19 heavy (non-hydrogen) atoms. The van der Waals surface area contributed by atoms with Gasteiger partial charge in [0.25, 0.3) is 5.91 Å². The molecule has 0 radical (unpaired) electrons. The maximum absolute atomic E-state index is 12.2. The minimum absolute atomic E-state index is 0.123. The summed E-state index contributed by atoms with van der Waals surface area (Å²) >= 11 is 1.36. The Morgan fingerprint density at radius 1 is 1.47 bits per heavy atom. The number of hydrazine groups is 1. The Kier molecular flexibility index (Phi) is 4.93. The second-order valence-electron chi connectivity index (χ2n) is 4.35. The summed E-state index contributed by atoms with van der Waals surface area (Å²) in [4.78, 5) is 15.0. The van der Waals surface area contributed by atoms with Gasteiger partial charge in [-0.15, -0.1) is 11.3 Å². The van der Waals surface area contributed by atoms with Crippen molar-refractivity contribution in [3.8, 4) is 11.8 Å². The van der Waals surface area contributed by atoms with Gasteiger partial charge in [0.05, 0.1) is 0 Å². The molecule has 0 atom stereocenters. The van der Waals surface area contributed by atoms with Crippen LogP contribution in [0.3, 0.4) is 0 Å². The molecule has 0 unspecified atom stereocenters. The van der Waals surface area contributed by atoms with Crippen molar-refractivity contribution in [3.05, 3.63) is 21.9 Å². The lowest BCUT2D eigenvalue weighted by Crippen LogP contribution is -2.52. The number of hydrogen-bond donors (Lipinski definition) is 2. The van der Waals surface area contributed by atoms with E-state index in [2.05, 4.69) is 29.2 Å². The molecule has 2 N–H and O–H groups in total. The van der Waals surface area contributed by atoms with Gasteiger partial charge in [-0.3, -0.25) is 10.2 Å². The third-order valence-corrected chi connectivity index (χ3v) is 3.85. The van der Waals surface area contributed by atoms with Crippen molar-refractivity contribution in [1.82, 2.24) is 15.3 Å². The number of nitrogens with zero attached hydrogens (tertiary/aromatic N) is 2. The fraction of sp³-hybridized carbons (Fsp3) is 0.462. The van der Waals surface area contributed by atoms with E-state index in [9.17, 15) is 4.79 Å². The number of rotatable bonds is 2. The summed E-state index contributed by atoms with van der Waals surface area (Å²) in [5, 5.41) is 12.5. The number of thiophene rings is 1. The van der Waals surface area contributed by atoms with Crippen LogP contribution in [0.5, 0.6) is 0 Å². The molecular weight excluding hydrogens is 262 g/mol. The van der Waals surface area contributed by atoms with Crippen LogP contribution in [0, 0.1) is 11.8 Å². The molecule has 2 rings (SSSR count). The lowest BCUT2D eigenvalue weighted by Gasteiger charge is -2.32. The van der Waals surface area contributed by atoms with Gasteiger partial charge in [0.1, 0.15) is 11.5 Å². The van der Waals surface area contributed by atoms with Crippen molar-refractivity contribution >= 4 is 17.2 Å². The van der Waals surface area contributed by atoms with Crippen LogP contribution in [0.4, 0.5) is 0 Å². The van der Waals surface area contributed by atoms with Crippen LogP contribution < -0.4 is 5.43 Å². The molecular formula is C13H17N3O2S. The van der Waals surface area contributed by atoms with Crippen molar-refractivity contribution in [2.24, 2.45) is 0 Å². The van der Waals surface area contributed by atoms with Gasteiger partial charge in [0, 0.05) is 31.7 Å². The van der Waals surface area contributed by atoms with E-state index >= 15 is 0 Å². The van der Waals surface area contributed by atoms with E-state index < -0.39 is 0 Å². The summed E-state index contributed by atoms with van der Waals surface area (Å²) in [5.41, 5.74) is 3.58. The number of aliphatic hydroxyl groups excluding tert-OH is 1. The Morgan fingerprint density at radius 3 is 2.89 bits per heavy atom. The molecule has 2 heterocycles. The summed E-state index contributed by atoms with van der Waals surface area (Å²) in [5.74, 6) is 5.23. The smallest absolute Gasteiger partial charge is 0.276 e. The number of likely N-dealkylation sites (N-methyl/N-ethyl adjacent to an activating group) is 1. The monoisotopic (exact) mass is 279 g/mol. The third kappa shape index (κ3) is 3.78. The van der Waals surface area contributed by atoms with Crippen molar-refractivity contribution in [1.29, 1.82) is 0 Å². The zero-order valence-electron chi connectivity index (χ0n) is 10.8. The van der Waals surface area contributed by atoms with Gasteiger partial charge in [-0.1, -0.05) is 11.8 Å². The Bertz CT molecular complexity index is 495. The number of hydrogen-bond acceptors (Lipinski definition) is 5. The van der Waals surface area contributed by atoms with Crippen LogP contribution in [0.1, 0.15) is 15.2 Å². The molecule has 1 amide bonds. The van der Waals surface area contributed by atoms with E-state index in [1.165, 1.54) is 11.3 Å². The van der Waals surface area contributed by atoms with Gasteiger partial charge in [0.15, 0.2) is 0 Å². The van der Waals surface area contributed by atoms with E-state index in [4.69, 9.17) is 5.11 Å². The van der Waals surface area contributed by atoms with Gasteiger partial charge in [-0.2, -0.15) is 0 Å². The molecule has 1 aliphatic heterocycles. The first-order valence-corrected chi connectivity index (χ1v) is 7.00. The maximum Gasteiger partial charge on any atom is 0.276 e. The third-order valence-electron chi connectivity index (χ3n) is 2.94. The number of nitrogens with one attached hydrogen (secondary N) is 1. The second-order valence-corrected chi connectivity index (χ2v) is 5.27. The molecule has 1 aromatic heterocycles. The molecule has 1 aliphatic rings. The molecule has 0 saturated carbocycles. The topological polar surface area (TPSA) is 55.8 Å². The zero-order valence-corrected chi connectivity index (χ0v) is 11.7. The molecule has 1 saturated heterocycles. The van der Waals surface area contributed by atoms with E-state index in [0.29, 0.717) is 10.4 Å². The summed E-state index contributed by atoms with van der Waals surface area (Å²) in [6.45, 7) is 3.34. The molecule has 0 aliphatic carbocycles. The highest BCUT2D eigenvalue weighted by Crippen LogP contribution is 2.15. The predicted molar refractivity (Wildman–Crippen MR) is 74.8 cm³/mol. The van der Waals surface area contributed by atoms with Crippen LogP contribution in [-0.4, -0.2) is 60.8 Å². The van der Waals surface area contributed by atoms with Crippen LogP contribution in [0.15, 0.2) is 11.4 Å². The average molecular weight is 279 g/mol. The van der Waals surface area contributed by atoms with E-state index in [1.54, 1.807) is 6.07 Å². The molecule has 5 nitrogen and oxygen atoms in total. The predicted octanol–water partition coefficient (Wildman–Crippen LogP) is -0.0159. The fourth-order valence-corrected chi connectivity index (χ4v) is 2.57. The van der Waals surface area contributed by atoms with Crippen LogP contribution in [0.25, 0.3) is 0 Å². The van der Waals surface area contributed by atoms with Crippen LogP contribution >= 0.6 is 11.3 Å². The summed E-state index contributed by atoms with van der Waals surface area (Å²) in [6.07, 6.45) is 0. The van der Waals surface area contributed by atoms with E-state index in [1.807, 2.05) is 10.4 Å². The molecule has 1 aromatic rings. The Balaban J connectivity index is 1.98. The van der Waals surface area contributed by atoms with Gasteiger partial charge >= 0.3 is 0 Å². The quantitative estimate of drug-likeness (QED) is 0.747. The first-order chi connectivity index (χ1) is 9.20. The first-order valence-electron chi connectivity index (χ1n) is 6.12. The molecule has 6 heteroatoms. The van der Waals surface area contributed by atoms with E-state index in [0.717, 1.165) is 26.2 Å². The fourth-order valence-electron chi connectivity index (χ4n) is 1.83. The van der Waals surface area contributed by atoms with E-state index in [-0.39, 0.29) is 12.5 Å². The van der Waals surface area contributed by atoms with Crippen molar-refractivity contribution in [3.63, 3.8) is 0 Å². The number of aliphatic hydroxyl groups is 1. The SMILES string of the molecule is CN1CCN(NC(=O)c2sccc2C#CCO)CC1. The van der Waals surface area contributed by atoms with Crippen molar-refractivity contribution in [2.75, 3.05) is 39.8 Å². The largest absolute Gasteiger partial charge is 0.384 e. The van der Waals surface area contributed by atoms with Gasteiger partial charge < -0.3 is 10.0 Å². The lowest BCUT2D eigenvalue weighted by atomic mass is 10.2. The highest BCUT2D eigenvalue weighted by molar-refractivity contribution is 7.12. The molecule has 0 aromatic carbocycles. The Labute approximate surface area is 116 Å². The highest BCUT2D eigenvalue weighted by atomic mass is 32.1. The minimum atomic E-state index is -0.199. The molecule has 0 bridgehead atoms. The Morgan fingerprint density at radius 2 is 2.21 bits per heavy atom. The first kappa shape index (κ1) is 14.0. The molecule has 1 fully saturated rings. The van der Waals surface area contributed by atoms with Gasteiger partial charge in [-0.05, 0) is 18.5 Å². The van der Waals surface area contributed by atoms with Crippen molar-refractivity contribution in [2.45, 2.75) is 0 Å². The average Bonchev–Trinajstić information content (AvgIpc) is 2.87. The summed E-state index contributed by atoms with van der Waals surface area (Å²) in [7, 11) is 2.07. The number of carbonyl (C=O) groups is 1. The number of piperazine rings is 1. The standard InChI is InChI=1S/C13H17N3O2S/c1-15-5-7-16(8-6-15)14-13(18)12-11(3-2-9-17)4-10-19-12/h4,10,17H,5-9H2,1H3,(H,14,18). The maximum atomic E-state index is 12.2. The normalized spacial score (nSPS) is 16.7. The number of amides is 1. The van der Waals surface area contributed by atoms with Gasteiger partial charge in [-0.25, -0.2) is 5.01 Å². The molecule has 0 spiro atoms. The highest BCUT2D eigenvalue weighted by Gasteiger charge is 2.18. The molecule has 102 valence electrons. The summed E-state index contributed by atoms with van der Waals surface area (Å²) < 4.78 is 0. The van der Waals surface area contributed by atoms with Crippen LogP contribution in [-0.2, 0) is 0 Å². The second kappa shape index (κ2) is 6.68.